The molecule has 0 saturated carbocycles. The van der Waals surface area contributed by atoms with E-state index in [1.165, 1.54) is 16.7 Å². The number of amidine groups is 1. The van der Waals surface area contributed by atoms with Gasteiger partial charge in [0.2, 0.25) is 0 Å². The summed E-state index contributed by atoms with van der Waals surface area (Å²) >= 11 is 13.4. The minimum absolute atomic E-state index is 0.127. The third kappa shape index (κ3) is 4.23. The standard InChI is InChI=1S/C19H16Cl2N2O2S/c1-3-25-16-8-7-14(21)9-12(16)10-17-18(24)23(2)19(26-17)22-15-6-4-5-13(20)11-15/h4-11H,3H2,1-2H3/b17-10+,22-19?. The summed E-state index contributed by atoms with van der Waals surface area (Å²) in [5.41, 5.74) is 1.45. The first-order valence-electron chi connectivity index (χ1n) is 7.92. The van der Waals surface area contributed by atoms with E-state index in [1.54, 1.807) is 43.5 Å². The molecule has 0 unspecified atom stereocenters. The number of likely N-dealkylation sites (N-methyl/N-ethyl adjacent to an activating group) is 1. The second-order valence-corrected chi connectivity index (χ2v) is 7.35. The lowest BCUT2D eigenvalue weighted by atomic mass is 10.2. The molecule has 0 bridgehead atoms. The summed E-state index contributed by atoms with van der Waals surface area (Å²) in [5.74, 6) is 0.555. The van der Waals surface area contributed by atoms with E-state index >= 15 is 0 Å². The molecule has 0 aromatic heterocycles. The fraction of sp³-hybridized carbons (Fsp3) is 0.158. The SMILES string of the molecule is CCOc1ccc(Cl)cc1/C=C1/SC(=Nc2cccc(Cl)c2)N(C)C1=O. The highest BCUT2D eigenvalue weighted by Crippen LogP contribution is 2.35. The van der Waals surface area contributed by atoms with Gasteiger partial charge in [0.05, 0.1) is 17.2 Å². The molecule has 2 aromatic carbocycles. The van der Waals surface area contributed by atoms with E-state index in [9.17, 15) is 4.79 Å². The quantitative estimate of drug-likeness (QED) is 0.618. The Morgan fingerprint density at radius 1 is 1.19 bits per heavy atom. The summed E-state index contributed by atoms with van der Waals surface area (Å²) in [4.78, 5) is 19.2. The number of carbonyl (C=O) groups excluding carboxylic acids is 1. The van der Waals surface area contributed by atoms with Gasteiger partial charge in [0.25, 0.3) is 5.91 Å². The molecule has 4 nitrogen and oxygen atoms in total. The number of hydrogen-bond donors (Lipinski definition) is 0. The molecule has 2 aromatic rings. The van der Waals surface area contributed by atoms with Gasteiger partial charge in [0.15, 0.2) is 5.17 Å². The number of carbonyl (C=O) groups is 1. The van der Waals surface area contributed by atoms with Crippen LogP contribution in [0.15, 0.2) is 52.4 Å². The lowest BCUT2D eigenvalue weighted by Gasteiger charge is -2.08. The Morgan fingerprint density at radius 2 is 1.96 bits per heavy atom. The summed E-state index contributed by atoms with van der Waals surface area (Å²) in [6, 6.07) is 12.5. The van der Waals surface area contributed by atoms with Gasteiger partial charge >= 0.3 is 0 Å². The van der Waals surface area contributed by atoms with Crippen LogP contribution in [0.1, 0.15) is 12.5 Å². The van der Waals surface area contributed by atoms with Crippen LogP contribution >= 0.6 is 35.0 Å². The van der Waals surface area contributed by atoms with E-state index in [4.69, 9.17) is 27.9 Å². The Labute approximate surface area is 166 Å². The third-order valence-electron chi connectivity index (χ3n) is 3.59. The molecule has 0 atom stereocenters. The molecular weight excluding hydrogens is 391 g/mol. The largest absolute Gasteiger partial charge is 0.493 e. The van der Waals surface area contributed by atoms with Crippen LogP contribution in [-0.2, 0) is 4.79 Å². The van der Waals surface area contributed by atoms with E-state index in [-0.39, 0.29) is 5.91 Å². The number of amides is 1. The normalized spacial score (nSPS) is 17.4. The zero-order valence-corrected chi connectivity index (χ0v) is 16.5. The Balaban J connectivity index is 1.94. The Bertz CT molecular complexity index is 912. The molecule has 1 amide bonds. The van der Waals surface area contributed by atoms with Gasteiger partial charge in [-0.25, -0.2) is 4.99 Å². The van der Waals surface area contributed by atoms with Gasteiger partial charge in [0, 0.05) is 22.7 Å². The Kier molecular flexibility index (Phi) is 5.91. The van der Waals surface area contributed by atoms with E-state index < -0.39 is 0 Å². The highest BCUT2D eigenvalue weighted by Gasteiger charge is 2.30. The van der Waals surface area contributed by atoms with Crippen molar-refractivity contribution in [3.05, 3.63) is 63.0 Å². The van der Waals surface area contributed by atoms with E-state index in [2.05, 4.69) is 4.99 Å². The van der Waals surface area contributed by atoms with Gasteiger partial charge < -0.3 is 4.74 Å². The monoisotopic (exact) mass is 406 g/mol. The number of benzene rings is 2. The maximum Gasteiger partial charge on any atom is 0.266 e. The van der Waals surface area contributed by atoms with Crippen LogP contribution in [0.25, 0.3) is 6.08 Å². The van der Waals surface area contributed by atoms with Gasteiger partial charge in [-0.05, 0) is 61.2 Å². The third-order valence-corrected chi connectivity index (χ3v) is 5.13. The molecule has 1 aliphatic heterocycles. The molecule has 26 heavy (non-hydrogen) atoms. The Morgan fingerprint density at radius 3 is 2.69 bits per heavy atom. The highest BCUT2D eigenvalue weighted by atomic mass is 35.5. The predicted octanol–water partition coefficient (Wildman–Crippen LogP) is 5.63. The van der Waals surface area contributed by atoms with Gasteiger partial charge in [-0.2, -0.15) is 0 Å². The van der Waals surface area contributed by atoms with E-state index in [0.717, 1.165) is 5.56 Å². The van der Waals surface area contributed by atoms with Crippen molar-refractivity contribution < 1.29 is 9.53 Å². The fourth-order valence-electron chi connectivity index (χ4n) is 2.37. The van der Waals surface area contributed by atoms with Crippen molar-refractivity contribution in [3.8, 4) is 5.75 Å². The van der Waals surface area contributed by atoms with Crippen LogP contribution in [0, 0.1) is 0 Å². The average Bonchev–Trinajstić information content (AvgIpc) is 2.85. The molecule has 0 aliphatic carbocycles. The van der Waals surface area contributed by atoms with Crippen LogP contribution in [0.5, 0.6) is 5.75 Å². The fourth-order valence-corrected chi connectivity index (χ4v) is 3.71. The molecule has 3 rings (SSSR count). The highest BCUT2D eigenvalue weighted by molar-refractivity contribution is 8.18. The molecule has 0 N–H and O–H groups in total. The zero-order chi connectivity index (χ0) is 18.7. The van der Waals surface area contributed by atoms with Gasteiger partial charge in [-0.3, -0.25) is 9.69 Å². The maximum atomic E-state index is 12.6. The summed E-state index contributed by atoms with van der Waals surface area (Å²) in [6.45, 7) is 2.44. The number of halogens is 2. The molecule has 7 heteroatoms. The number of hydrogen-bond acceptors (Lipinski definition) is 4. The molecule has 134 valence electrons. The maximum absolute atomic E-state index is 12.6. The molecule has 1 saturated heterocycles. The van der Waals surface area contributed by atoms with Crippen molar-refractivity contribution in [1.29, 1.82) is 0 Å². The lowest BCUT2D eigenvalue weighted by Crippen LogP contribution is -2.23. The van der Waals surface area contributed by atoms with Gasteiger partial charge in [0.1, 0.15) is 5.75 Å². The van der Waals surface area contributed by atoms with Crippen molar-refractivity contribution in [1.82, 2.24) is 4.90 Å². The van der Waals surface area contributed by atoms with Crippen molar-refractivity contribution in [3.63, 3.8) is 0 Å². The smallest absolute Gasteiger partial charge is 0.266 e. The molecule has 1 heterocycles. The Hall–Kier alpha value is -1.95. The second-order valence-electron chi connectivity index (χ2n) is 5.46. The summed E-state index contributed by atoms with van der Waals surface area (Å²) in [6.07, 6.45) is 1.78. The number of rotatable bonds is 4. The summed E-state index contributed by atoms with van der Waals surface area (Å²) < 4.78 is 5.62. The van der Waals surface area contributed by atoms with Crippen molar-refractivity contribution in [2.24, 2.45) is 4.99 Å². The van der Waals surface area contributed by atoms with Crippen LogP contribution in [-0.4, -0.2) is 29.6 Å². The number of aliphatic imine (C=N–C) groups is 1. The first-order valence-corrected chi connectivity index (χ1v) is 9.49. The second kappa shape index (κ2) is 8.16. The molecular formula is C19H16Cl2N2O2S. The van der Waals surface area contributed by atoms with Crippen LogP contribution in [0.2, 0.25) is 10.0 Å². The summed E-state index contributed by atoms with van der Waals surface area (Å²) in [7, 11) is 1.70. The number of nitrogens with zero attached hydrogens (tertiary/aromatic N) is 2. The van der Waals surface area contributed by atoms with Gasteiger partial charge in [-0.1, -0.05) is 29.3 Å². The molecule has 1 aliphatic rings. The van der Waals surface area contributed by atoms with E-state index in [1.807, 2.05) is 19.1 Å². The average molecular weight is 407 g/mol. The topological polar surface area (TPSA) is 41.9 Å². The van der Waals surface area contributed by atoms with Crippen LogP contribution < -0.4 is 4.74 Å². The summed E-state index contributed by atoms with van der Waals surface area (Å²) in [5, 5.41) is 1.76. The minimum Gasteiger partial charge on any atom is -0.493 e. The predicted molar refractivity (Wildman–Crippen MR) is 110 cm³/mol. The first-order chi connectivity index (χ1) is 12.5. The molecule has 1 fully saturated rings. The number of ether oxygens (including phenoxy) is 1. The molecule has 0 radical (unpaired) electrons. The van der Waals surface area contributed by atoms with E-state index in [0.29, 0.717) is 38.2 Å². The van der Waals surface area contributed by atoms with Crippen molar-refractivity contribution in [2.45, 2.75) is 6.92 Å². The number of thioether (sulfide) groups is 1. The van der Waals surface area contributed by atoms with Crippen molar-refractivity contribution >= 4 is 57.8 Å². The minimum atomic E-state index is -0.127. The zero-order valence-electron chi connectivity index (χ0n) is 14.2. The van der Waals surface area contributed by atoms with Gasteiger partial charge in [-0.15, -0.1) is 0 Å². The first kappa shape index (κ1) is 18.8. The van der Waals surface area contributed by atoms with Crippen LogP contribution in [0.4, 0.5) is 5.69 Å². The van der Waals surface area contributed by atoms with Crippen molar-refractivity contribution in [2.75, 3.05) is 13.7 Å². The molecule has 0 spiro atoms. The van der Waals surface area contributed by atoms with Crippen LogP contribution in [0.3, 0.4) is 0 Å². The lowest BCUT2D eigenvalue weighted by molar-refractivity contribution is -0.121.